The van der Waals surface area contributed by atoms with E-state index in [4.69, 9.17) is 29.2 Å². The van der Waals surface area contributed by atoms with Gasteiger partial charge in [-0.3, -0.25) is 13.8 Å². The number of nitrogen functional groups attached to an aromatic ring is 1. The second kappa shape index (κ2) is 26.1. The second-order valence-electron chi connectivity index (χ2n) is 22.1. The number of hydrogen-bond donors (Lipinski definition) is 7. The number of benzene rings is 3. The first-order chi connectivity index (χ1) is 42.2. The molecule has 0 spiro atoms. The molecular weight excluding hydrogens is 1200 g/mol. The van der Waals surface area contributed by atoms with Gasteiger partial charge in [-0.15, -0.1) is 6.58 Å². The molecule has 2 amide bonds. The van der Waals surface area contributed by atoms with Crippen LogP contribution in [0.4, 0.5) is 10.6 Å². The van der Waals surface area contributed by atoms with E-state index in [1.54, 1.807) is 16.8 Å². The Bertz CT molecular complexity index is 4090. The van der Waals surface area contributed by atoms with Crippen molar-refractivity contribution in [2.75, 3.05) is 58.8 Å². The van der Waals surface area contributed by atoms with Gasteiger partial charge in [-0.25, -0.2) is 37.8 Å². The van der Waals surface area contributed by atoms with Crippen molar-refractivity contribution in [3.8, 4) is 23.3 Å². The van der Waals surface area contributed by atoms with Crippen LogP contribution in [0.25, 0.3) is 16.6 Å². The average Bonchev–Trinajstić information content (AvgIpc) is 0.829. The van der Waals surface area contributed by atoms with Crippen molar-refractivity contribution in [2.24, 2.45) is 0 Å². The maximum Gasteiger partial charge on any atom is 0.490 e. The topological polar surface area (TPSA) is 341 Å². The monoisotopic (exact) mass is 1270 g/mol. The van der Waals surface area contributed by atoms with E-state index in [9.17, 15) is 47.9 Å². The lowest BCUT2D eigenvalue weighted by molar-refractivity contribution is -0.0550. The Morgan fingerprint density at radius 1 is 0.920 bits per heavy atom. The highest BCUT2D eigenvalue weighted by Crippen LogP contribution is 2.67. The Hall–Kier alpha value is -7.13. The van der Waals surface area contributed by atoms with Crippen molar-refractivity contribution >= 4 is 63.9 Å². The number of carboxylic acids is 1. The highest BCUT2D eigenvalue weighted by atomic mass is 31.3. The van der Waals surface area contributed by atoms with Gasteiger partial charge in [-0.2, -0.15) is 8.62 Å². The first-order valence-electron chi connectivity index (χ1n) is 28.9. The molecule has 11 rings (SSSR count). The molecule has 2 bridgehead atoms. The van der Waals surface area contributed by atoms with Crippen LogP contribution >= 0.6 is 23.5 Å². The number of allylic oxidation sites excluding steroid dienone is 2. The number of aromatic nitrogens is 3. The summed E-state index contributed by atoms with van der Waals surface area (Å²) in [6.07, 6.45) is 13.8. The van der Waals surface area contributed by atoms with Crippen LogP contribution in [-0.4, -0.2) is 118 Å². The lowest BCUT2D eigenvalue weighted by atomic mass is 9.81. The maximum atomic E-state index is 14.1. The van der Waals surface area contributed by atoms with Crippen LogP contribution in [0.15, 0.2) is 79.3 Å². The number of phosphoric acid groups is 3. The number of rotatable bonds is 21. The first kappa shape index (κ1) is 62.5. The largest absolute Gasteiger partial charge is 0.490 e. The fraction of sp³-hybridized carbons (Fsp3) is 0.400. The Balaban J connectivity index is 0.738. The van der Waals surface area contributed by atoms with Crippen molar-refractivity contribution in [1.82, 2.24) is 29.7 Å². The summed E-state index contributed by atoms with van der Waals surface area (Å²) in [6.45, 7) is 8.70. The van der Waals surface area contributed by atoms with Crippen molar-refractivity contribution in [3.63, 3.8) is 0 Å². The van der Waals surface area contributed by atoms with Crippen LogP contribution in [0.2, 0.25) is 0 Å². The van der Waals surface area contributed by atoms with Crippen molar-refractivity contribution in [1.29, 1.82) is 0 Å². The van der Waals surface area contributed by atoms with Gasteiger partial charge in [-0.1, -0.05) is 36.1 Å². The highest BCUT2D eigenvalue weighted by molar-refractivity contribution is 7.66. The fourth-order valence-corrected chi connectivity index (χ4v) is 15.7. The summed E-state index contributed by atoms with van der Waals surface area (Å²) in [5.41, 5.74) is 17.5. The molecule has 6 heterocycles. The number of nitrogens with two attached hydrogens (primary N) is 1. The third kappa shape index (κ3) is 13.5. The smallest absolute Gasteiger partial charge is 0.478 e. The Kier molecular flexibility index (Phi) is 18.6. The number of ether oxygens (including phenoxy) is 4. The van der Waals surface area contributed by atoms with E-state index in [-0.39, 0.29) is 61.7 Å². The molecule has 0 radical (unpaired) electrons. The molecule has 6 aliphatic rings. The Morgan fingerprint density at radius 2 is 1.70 bits per heavy atom. The molecule has 1 saturated heterocycles. The van der Waals surface area contributed by atoms with Crippen molar-refractivity contribution in [3.05, 3.63) is 146 Å². The van der Waals surface area contributed by atoms with E-state index < -0.39 is 66.5 Å². The quantitative estimate of drug-likeness (QED) is 0.0167. The fourth-order valence-electron chi connectivity index (χ4n) is 12.5. The van der Waals surface area contributed by atoms with Crippen LogP contribution in [0, 0.1) is 11.8 Å². The molecule has 25 nitrogen and oxygen atoms in total. The third-order valence-electron chi connectivity index (χ3n) is 16.3. The van der Waals surface area contributed by atoms with E-state index in [0.29, 0.717) is 29.2 Å². The normalized spacial score (nSPS) is 20.3. The molecule has 28 heteroatoms. The van der Waals surface area contributed by atoms with E-state index in [2.05, 4.69) is 81.5 Å². The van der Waals surface area contributed by atoms with Gasteiger partial charge in [0, 0.05) is 66.6 Å². The van der Waals surface area contributed by atoms with Crippen LogP contribution < -0.4 is 36.3 Å². The number of aromatic carboxylic acids is 1. The number of aryl methyl sites for hydroxylation is 2. The van der Waals surface area contributed by atoms with Crippen LogP contribution in [0.1, 0.15) is 123 Å². The Labute approximate surface area is 505 Å². The molecule has 6 atom stereocenters. The van der Waals surface area contributed by atoms with Gasteiger partial charge in [0.1, 0.15) is 61.3 Å². The molecule has 8 N–H and O–H groups in total. The summed E-state index contributed by atoms with van der Waals surface area (Å²) >= 11 is 0. The summed E-state index contributed by atoms with van der Waals surface area (Å²) in [4.78, 5) is 78.1. The highest BCUT2D eigenvalue weighted by Gasteiger charge is 2.45. The number of carbonyl (C=O) groups excluding carboxylic acids is 2. The number of fused-ring (bicyclic) bond motifs is 6. The number of anilines is 1. The van der Waals surface area contributed by atoms with Gasteiger partial charge >= 0.3 is 35.5 Å². The summed E-state index contributed by atoms with van der Waals surface area (Å²) in [5, 5.41) is 18.8. The zero-order chi connectivity index (χ0) is 62.1. The van der Waals surface area contributed by atoms with Gasteiger partial charge in [0.05, 0.1) is 47.9 Å². The van der Waals surface area contributed by atoms with Gasteiger partial charge in [0.2, 0.25) is 5.36 Å². The van der Waals surface area contributed by atoms with Crippen molar-refractivity contribution < 1.29 is 84.5 Å². The minimum atomic E-state index is -5.67. The molecular formula is C60H67N7O18P3+. The van der Waals surface area contributed by atoms with Crippen LogP contribution in [-0.2, 0) is 77.7 Å². The summed E-state index contributed by atoms with van der Waals surface area (Å²) < 4.78 is 82.2. The lowest BCUT2D eigenvalue weighted by Gasteiger charge is -2.30. The van der Waals surface area contributed by atoms with E-state index >= 15 is 0 Å². The molecule has 3 aromatic carbocycles. The molecule has 4 aliphatic heterocycles. The molecule has 88 heavy (non-hydrogen) atoms. The number of carbonyl (C=O) groups is 3. The van der Waals surface area contributed by atoms with E-state index in [1.165, 1.54) is 63.3 Å². The minimum Gasteiger partial charge on any atom is -0.478 e. The molecule has 5 aromatic rings. The third-order valence-corrected chi connectivity index (χ3v) is 20.6. The zero-order valence-corrected chi connectivity index (χ0v) is 50.9. The predicted octanol–water partition coefficient (Wildman–Crippen LogP) is 6.90. The lowest BCUT2D eigenvalue weighted by Crippen LogP contribution is -2.45. The van der Waals surface area contributed by atoms with E-state index in [0.717, 1.165) is 112 Å². The van der Waals surface area contributed by atoms with Gasteiger partial charge in [0.15, 0.2) is 0 Å². The summed E-state index contributed by atoms with van der Waals surface area (Å²) in [6, 6.07) is 9.20. The van der Waals surface area contributed by atoms with Crippen molar-refractivity contribution in [2.45, 2.75) is 102 Å². The SMILES string of the molecule is C=CCOC1C[C@H](n2cc(C#CCNC(=O)OCC(=C)CCNC(=O)c3ccc(C(=O)O)c(C4=c5cc6c7c(c5Oc5c4cc4c8c5CCCC(=CCCC4)C8)CCC[N+]=7CCC6)c3)c3c(N)ncnc32)O[C@@H]1COP(=O)(O)OP(=O)(O)OP(=O)(O)OC. The molecule has 2 aromatic heterocycles. The molecule has 464 valence electrons. The van der Waals surface area contributed by atoms with Gasteiger partial charge in [-0.05, 0) is 122 Å². The van der Waals surface area contributed by atoms with Gasteiger partial charge in [0.25, 0.3) is 5.91 Å². The minimum absolute atomic E-state index is 0.0214. The van der Waals surface area contributed by atoms with Crippen LogP contribution in [0.5, 0.6) is 11.5 Å². The number of nitrogens with zero attached hydrogens (tertiary/aromatic N) is 4. The standard InChI is InChI=1S/C60H66N7O18P3/c1-4-25-79-48-30-50(82-49(48)33-81-87(74,75)85-88(76,77)84-86(72,73)78-3)67-31-40(51-56(61)64-34-65-57(51)67)14-8-21-63-60(71)80-32-35(2)20-22-62-58(68)39-18-19-42(59(69)70)45(29-39)52-46-27-37-13-6-5-11-36-12-7-16-41(44(37)26-36)54(46)83-55-43-17-10-24-66-23-9-15-38(53(43)66)28-47(52)55/h4,11,18-19,27-29,31,34,48-50H,1-2,5-7,9-10,12-13,15-17,20-26,30,32-33H2,3H3,(H7-,61,62,63,64,65,68,69,70,71,72,73,74,75,76,77)/p+1/t48?,49-,50-/m1/s1. The number of hydrogen-bond acceptors (Lipinski definition) is 17. The first-order valence-corrected chi connectivity index (χ1v) is 33.4. The molecule has 2 aliphatic carbocycles. The van der Waals surface area contributed by atoms with Gasteiger partial charge < -0.3 is 59.7 Å². The number of alkyl carbamates (subject to hydrolysis) is 1. The molecule has 4 unspecified atom stereocenters. The zero-order valence-electron chi connectivity index (χ0n) is 48.2. The molecule has 0 saturated carbocycles. The molecule has 1 fully saturated rings. The number of amides is 2. The van der Waals surface area contributed by atoms with E-state index in [1.807, 2.05) is 0 Å². The Morgan fingerprint density at radius 3 is 2.50 bits per heavy atom. The average molecular weight is 1270 g/mol. The maximum absolute atomic E-state index is 14.1. The predicted molar refractivity (Wildman–Crippen MR) is 320 cm³/mol. The van der Waals surface area contributed by atoms with Crippen LogP contribution in [0.3, 0.4) is 0 Å². The summed E-state index contributed by atoms with van der Waals surface area (Å²) in [7, 11) is -15.6. The second-order valence-corrected chi connectivity index (χ2v) is 26.8. The number of carboxylic acid groups (broad SMARTS) is 1. The number of phosphoric ester groups is 2. The number of nitrogens with one attached hydrogen (secondary N) is 2. The summed E-state index contributed by atoms with van der Waals surface area (Å²) in [5.74, 6) is 5.93.